The van der Waals surface area contributed by atoms with Crippen molar-refractivity contribution in [2.45, 2.75) is 37.2 Å². The van der Waals surface area contributed by atoms with E-state index in [-0.39, 0.29) is 0 Å². The Morgan fingerprint density at radius 1 is 1.24 bits per heavy atom. The number of piperidine rings is 1. The maximum absolute atomic E-state index is 13.8. The maximum atomic E-state index is 13.8. The summed E-state index contributed by atoms with van der Waals surface area (Å²) in [5, 5.41) is 4.91. The third-order valence-corrected chi connectivity index (χ3v) is 7.52. The number of halogens is 1. The number of nitrogens with one attached hydrogen (secondary N) is 2. The first kappa shape index (κ1) is 21.9. The van der Waals surface area contributed by atoms with E-state index >= 15 is 0 Å². The highest BCUT2D eigenvalue weighted by Crippen LogP contribution is 2.20. The largest absolute Gasteiger partial charge is 0.354 e. The first-order valence-corrected chi connectivity index (χ1v) is 12.0. The zero-order valence-electron chi connectivity index (χ0n) is 16.3. The van der Waals surface area contributed by atoms with E-state index < -0.39 is 32.7 Å². The molecule has 158 valence electrons. The Bertz CT molecular complexity index is 911. The summed E-state index contributed by atoms with van der Waals surface area (Å²) in [4.78, 5) is 15.6. The van der Waals surface area contributed by atoms with Gasteiger partial charge in [0, 0.05) is 18.0 Å². The van der Waals surface area contributed by atoms with E-state index in [1.807, 2.05) is 0 Å². The van der Waals surface area contributed by atoms with E-state index in [1.165, 1.54) is 30.0 Å². The molecule has 1 aromatic carbocycles. The number of amides is 1. The lowest BCUT2D eigenvalue weighted by Gasteiger charge is -2.31. The Balaban J connectivity index is 1.43. The van der Waals surface area contributed by atoms with Crippen molar-refractivity contribution in [1.29, 1.82) is 0 Å². The number of carbonyl (C=O) groups excluding carboxylic acids is 1. The van der Waals surface area contributed by atoms with Gasteiger partial charge in [0.1, 0.15) is 10.7 Å². The minimum atomic E-state index is -4.10. The highest BCUT2D eigenvalue weighted by molar-refractivity contribution is 7.89. The molecule has 1 aliphatic heterocycles. The summed E-state index contributed by atoms with van der Waals surface area (Å²) in [6, 6.07) is 8.31. The van der Waals surface area contributed by atoms with Crippen LogP contribution in [0.15, 0.2) is 46.7 Å². The van der Waals surface area contributed by atoms with Crippen LogP contribution in [0.2, 0.25) is 0 Å². The van der Waals surface area contributed by atoms with Crippen LogP contribution in [0.1, 0.15) is 24.6 Å². The fourth-order valence-corrected chi connectivity index (χ4v) is 5.41. The maximum Gasteiger partial charge on any atom is 0.244 e. The molecular weight excluding hydrogens is 413 g/mol. The highest BCUT2D eigenvalue weighted by atomic mass is 32.2. The molecule has 6 nitrogen and oxygen atoms in total. The number of likely N-dealkylation sites (tertiary alicyclic amines) is 1. The van der Waals surface area contributed by atoms with Crippen LogP contribution in [0.25, 0.3) is 0 Å². The fraction of sp³-hybridized carbons (Fsp3) is 0.450. The van der Waals surface area contributed by atoms with Gasteiger partial charge in [-0.25, -0.2) is 12.8 Å². The molecule has 1 aromatic heterocycles. The zero-order chi connectivity index (χ0) is 20.9. The molecule has 0 unspecified atom stereocenters. The Morgan fingerprint density at radius 3 is 2.62 bits per heavy atom. The summed E-state index contributed by atoms with van der Waals surface area (Å²) in [5.74, 6) is -0.887. The van der Waals surface area contributed by atoms with Gasteiger partial charge in [0.2, 0.25) is 15.9 Å². The molecule has 1 atom stereocenters. The molecule has 2 N–H and O–H groups in total. The average molecular weight is 440 g/mol. The van der Waals surface area contributed by atoms with Gasteiger partial charge >= 0.3 is 0 Å². The van der Waals surface area contributed by atoms with E-state index in [9.17, 15) is 17.6 Å². The number of carbonyl (C=O) groups is 1. The molecule has 2 heterocycles. The number of benzene rings is 1. The van der Waals surface area contributed by atoms with Crippen molar-refractivity contribution >= 4 is 27.3 Å². The third kappa shape index (κ3) is 6.08. The average Bonchev–Trinajstić information content (AvgIpc) is 3.20. The summed E-state index contributed by atoms with van der Waals surface area (Å²) in [7, 11) is -4.10. The van der Waals surface area contributed by atoms with Crippen molar-refractivity contribution in [2.24, 2.45) is 5.92 Å². The van der Waals surface area contributed by atoms with E-state index in [2.05, 4.69) is 32.5 Å². The lowest BCUT2D eigenvalue weighted by molar-refractivity contribution is -0.122. The van der Waals surface area contributed by atoms with Crippen molar-refractivity contribution in [1.82, 2.24) is 14.9 Å². The summed E-state index contributed by atoms with van der Waals surface area (Å²) < 4.78 is 40.6. The predicted octanol–water partition coefficient (Wildman–Crippen LogP) is 2.58. The molecule has 2 aromatic rings. The molecule has 9 heteroatoms. The molecule has 0 radical (unpaired) electrons. The Morgan fingerprint density at radius 2 is 1.97 bits per heavy atom. The highest BCUT2D eigenvalue weighted by Gasteiger charge is 2.25. The summed E-state index contributed by atoms with van der Waals surface area (Å²) in [5.41, 5.74) is 0. The lowest BCUT2D eigenvalue weighted by Crippen LogP contribution is -2.47. The van der Waals surface area contributed by atoms with Crippen LogP contribution in [0.4, 0.5) is 4.39 Å². The van der Waals surface area contributed by atoms with Gasteiger partial charge in [-0.3, -0.25) is 9.69 Å². The molecule has 29 heavy (non-hydrogen) atoms. The number of hydrogen-bond acceptors (Lipinski definition) is 5. The van der Waals surface area contributed by atoms with Crippen molar-refractivity contribution < 1.29 is 17.6 Å². The van der Waals surface area contributed by atoms with Crippen LogP contribution in [-0.4, -0.2) is 44.9 Å². The molecule has 0 bridgehead atoms. The van der Waals surface area contributed by atoms with Crippen molar-refractivity contribution in [3.63, 3.8) is 0 Å². The third-order valence-electron chi connectivity index (χ3n) is 5.08. The van der Waals surface area contributed by atoms with Crippen molar-refractivity contribution in [3.05, 3.63) is 52.5 Å². The second-order valence-corrected chi connectivity index (χ2v) is 10.0. The van der Waals surface area contributed by atoms with E-state index in [0.29, 0.717) is 12.5 Å². The molecule has 0 spiro atoms. The molecule has 1 saturated heterocycles. The lowest BCUT2D eigenvalue weighted by atomic mass is 9.96. The number of nitrogens with zero attached hydrogens (tertiary/aromatic N) is 1. The second-order valence-electron chi connectivity index (χ2n) is 7.32. The normalized spacial score (nSPS) is 17.2. The van der Waals surface area contributed by atoms with Gasteiger partial charge in [-0.15, -0.1) is 11.3 Å². The monoisotopic (exact) mass is 439 g/mol. The number of rotatable bonds is 8. The van der Waals surface area contributed by atoms with E-state index in [4.69, 9.17) is 0 Å². The summed E-state index contributed by atoms with van der Waals surface area (Å²) in [6.07, 6.45) is 1.97. The molecule has 1 fully saturated rings. The molecule has 1 aliphatic rings. The second kappa shape index (κ2) is 9.80. The topological polar surface area (TPSA) is 78.5 Å². The number of thiophene rings is 1. The van der Waals surface area contributed by atoms with Crippen molar-refractivity contribution in [2.75, 3.05) is 19.6 Å². The SMILES string of the molecule is C[C@H](NS(=O)(=O)c1ccccc1F)C(=O)NCC1CCN(Cc2cccs2)CC1. The zero-order valence-corrected chi connectivity index (χ0v) is 17.9. The van der Waals surface area contributed by atoms with Crippen LogP contribution in [0.3, 0.4) is 0 Å². The van der Waals surface area contributed by atoms with E-state index in [0.717, 1.165) is 38.5 Å². The Labute approximate surface area is 175 Å². The summed E-state index contributed by atoms with van der Waals surface area (Å²) >= 11 is 1.76. The van der Waals surface area contributed by atoms with Gasteiger partial charge in [-0.1, -0.05) is 18.2 Å². The number of hydrogen-bond donors (Lipinski definition) is 2. The van der Waals surface area contributed by atoms with Gasteiger partial charge < -0.3 is 5.32 Å². The smallest absolute Gasteiger partial charge is 0.244 e. The number of sulfonamides is 1. The first-order chi connectivity index (χ1) is 13.8. The van der Waals surface area contributed by atoms with Crippen LogP contribution in [0, 0.1) is 11.7 Å². The van der Waals surface area contributed by atoms with Crippen molar-refractivity contribution in [3.8, 4) is 0 Å². The fourth-order valence-electron chi connectivity index (χ4n) is 3.38. The Hall–Kier alpha value is -1.81. The van der Waals surface area contributed by atoms with Gasteiger partial charge in [-0.05, 0) is 62.4 Å². The first-order valence-electron chi connectivity index (χ1n) is 9.64. The minimum absolute atomic E-state index is 0.369. The standard InChI is InChI=1S/C20H26FN3O3S2/c1-15(23-29(26,27)19-7-3-2-6-18(19)21)20(25)22-13-16-8-10-24(11-9-16)14-17-5-4-12-28-17/h2-7,12,15-16,23H,8-11,13-14H2,1H3,(H,22,25)/t15-/m0/s1. The van der Waals surface area contributed by atoms with Crippen LogP contribution >= 0.6 is 11.3 Å². The van der Waals surface area contributed by atoms with Gasteiger partial charge in [0.25, 0.3) is 0 Å². The molecule has 0 saturated carbocycles. The van der Waals surface area contributed by atoms with Crippen LogP contribution in [0.5, 0.6) is 0 Å². The van der Waals surface area contributed by atoms with Crippen LogP contribution in [-0.2, 0) is 21.4 Å². The predicted molar refractivity (Wildman–Crippen MR) is 112 cm³/mol. The minimum Gasteiger partial charge on any atom is -0.354 e. The molecule has 0 aliphatic carbocycles. The molecule has 1 amide bonds. The quantitative estimate of drug-likeness (QED) is 0.663. The summed E-state index contributed by atoms with van der Waals surface area (Å²) in [6.45, 7) is 4.89. The van der Waals surface area contributed by atoms with Crippen LogP contribution < -0.4 is 10.0 Å². The molecule has 3 rings (SSSR count). The molecular formula is C20H26FN3O3S2. The van der Waals surface area contributed by atoms with Gasteiger partial charge in [0.05, 0.1) is 6.04 Å². The Kier molecular flexibility index (Phi) is 7.39. The van der Waals surface area contributed by atoms with Gasteiger partial charge in [-0.2, -0.15) is 4.72 Å². The van der Waals surface area contributed by atoms with E-state index in [1.54, 1.807) is 11.3 Å². The van der Waals surface area contributed by atoms with Gasteiger partial charge in [0.15, 0.2) is 0 Å².